The minimum absolute atomic E-state index is 0.0169. The van der Waals surface area contributed by atoms with Gasteiger partial charge in [0.05, 0.1) is 27.9 Å². The summed E-state index contributed by atoms with van der Waals surface area (Å²) in [5.41, 5.74) is 5.22. The van der Waals surface area contributed by atoms with E-state index in [2.05, 4.69) is 15.4 Å². The van der Waals surface area contributed by atoms with E-state index in [-0.39, 0.29) is 24.0 Å². The van der Waals surface area contributed by atoms with Gasteiger partial charge in [0.15, 0.2) is 5.84 Å². The number of carbonyl (C=O) groups is 1. The van der Waals surface area contributed by atoms with Gasteiger partial charge >= 0.3 is 0 Å². The first-order chi connectivity index (χ1) is 13.6. The highest BCUT2D eigenvalue weighted by atomic mass is 32.1. The van der Waals surface area contributed by atoms with E-state index >= 15 is 0 Å². The van der Waals surface area contributed by atoms with Crippen molar-refractivity contribution < 1.29 is 9.90 Å². The smallest absolute Gasteiger partial charge is 0.272 e. The summed E-state index contributed by atoms with van der Waals surface area (Å²) in [6.07, 6.45) is 1.64. The third kappa shape index (κ3) is 2.54. The number of nitrogens with zero attached hydrogens (tertiary/aromatic N) is 2. The lowest BCUT2D eigenvalue weighted by atomic mass is 10.2. The zero-order valence-electron chi connectivity index (χ0n) is 14.6. The zero-order valence-corrected chi connectivity index (χ0v) is 15.4. The zero-order chi connectivity index (χ0) is 19.3. The third-order valence-corrected chi connectivity index (χ3v) is 5.74. The van der Waals surface area contributed by atoms with E-state index in [9.17, 15) is 9.90 Å². The quantitative estimate of drug-likeness (QED) is 0.429. The summed E-state index contributed by atoms with van der Waals surface area (Å²) in [5, 5.41) is 21.6. The number of amidine groups is 1. The summed E-state index contributed by atoms with van der Waals surface area (Å²) in [4.78, 5) is 20.3. The van der Waals surface area contributed by atoms with E-state index in [1.807, 2.05) is 48.5 Å². The van der Waals surface area contributed by atoms with Crippen LogP contribution in [0.1, 0.15) is 15.4 Å². The lowest BCUT2D eigenvalue weighted by Crippen LogP contribution is -2.43. The molecule has 28 heavy (non-hydrogen) atoms. The molecule has 0 aliphatic carbocycles. The van der Waals surface area contributed by atoms with Crippen molar-refractivity contribution in [3.63, 3.8) is 0 Å². The molecule has 0 bridgehead atoms. The Kier molecular flexibility index (Phi) is 3.66. The van der Waals surface area contributed by atoms with Crippen molar-refractivity contribution in [1.29, 1.82) is 5.41 Å². The van der Waals surface area contributed by atoms with Crippen LogP contribution in [0, 0.1) is 5.41 Å². The minimum Gasteiger partial charge on any atom is -0.509 e. The lowest BCUT2D eigenvalue weighted by molar-refractivity contribution is 0.0876. The molecule has 1 aliphatic rings. The average Bonchev–Trinajstić information content (AvgIpc) is 3.37. The molecule has 0 saturated heterocycles. The van der Waals surface area contributed by atoms with Crippen LogP contribution in [0.15, 0.2) is 60.5 Å². The van der Waals surface area contributed by atoms with Gasteiger partial charge in [-0.15, -0.1) is 11.3 Å². The molecule has 1 amide bonds. The van der Waals surface area contributed by atoms with Crippen LogP contribution >= 0.6 is 11.3 Å². The second-order valence-electron chi connectivity index (χ2n) is 6.43. The average molecular weight is 389 g/mol. The standard InChI is InChI=1S/C20H15N5O2S/c21-18-17(20-23-14-7-3-4-8-16(14)28-20)15(26)10-25(18)24-19(27)12-9-22-13-6-2-1-5-11(12)13/h1-9,21-22,26H,10H2,(H,24,27). The van der Waals surface area contributed by atoms with Crippen molar-refractivity contribution in [2.45, 2.75) is 0 Å². The van der Waals surface area contributed by atoms with Gasteiger partial charge in [0, 0.05) is 17.1 Å². The van der Waals surface area contributed by atoms with Crippen molar-refractivity contribution in [1.82, 2.24) is 20.4 Å². The summed E-state index contributed by atoms with van der Waals surface area (Å²) >= 11 is 1.41. The summed E-state index contributed by atoms with van der Waals surface area (Å²) < 4.78 is 0.979. The molecule has 5 rings (SSSR count). The van der Waals surface area contributed by atoms with Crippen LogP contribution in [0.25, 0.3) is 26.7 Å². The topological polar surface area (TPSA) is 105 Å². The third-order valence-electron chi connectivity index (χ3n) is 4.68. The molecule has 1 aliphatic heterocycles. The fraction of sp³-hybridized carbons (Fsp3) is 0.0500. The van der Waals surface area contributed by atoms with Gasteiger partial charge in [-0.1, -0.05) is 30.3 Å². The molecule has 8 heteroatoms. The molecule has 4 aromatic rings. The van der Waals surface area contributed by atoms with Gasteiger partial charge < -0.3 is 10.1 Å². The molecule has 0 atom stereocenters. The molecule has 0 saturated carbocycles. The number of rotatable bonds is 3. The molecule has 0 unspecified atom stereocenters. The highest BCUT2D eigenvalue weighted by Crippen LogP contribution is 2.32. The van der Waals surface area contributed by atoms with Crippen molar-refractivity contribution >= 4 is 49.8 Å². The number of aromatic nitrogens is 2. The Morgan fingerprint density at radius 1 is 1.21 bits per heavy atom. The van der Waals surface area contributed by atoms with Crippen LogP contribution in [0.4, 0.5) is 0 Å². The molecule has 2 aromatic carbocycles. The molecule has 0 fully saturated rings. The Bertz CT molecular complexity index is 1250. The second-order valence-corrected chi connectivity index (χ2v) is 7.46. The van der Waals surface area contributed by atoms with E-state index in [0.29, 0.717) is 16.1 Å². The van der Waals surface area contributed by atoms with E-state index < -0.39 is 0 Å². The first kappa shape index (κ1) is 16.5. The maximum Gasteiger partial charge on any atom is 0.272 e. The van der Waals surface area contributed by atoms with Gasteiger partial charge in [-0.25, -0.2) is 4.98 Å². The van der Waals surface area contributed by atoms with E-state index in [0.717, 1.165) is 21.1 Å². The Hall–Kier alpha value is -3.65. The molecule has 0 spiro atoms. The number of hydrogen-bond donors (Lipinski definition) is 4. The number of hydrazine groups is 1. The highest BCUT2D eigenvalue weighted by Gasteiger charge is 2.32. The largest absolute Gasteiger partial charge is 0.509 e. The first-order valence-electron chi connectivity index (χ1n) is 8.63. The van der Waals surface area contributed by atoms with Crippen LogP contribution in [0.2, 0.25) is 0 Å². The Balaban J connectivity index is 1.41. The van der Waals surface area contributed by atoms with Gasteiger partial charge in [0.25, 0.3) is 5.91 Å². The van der Waals surface area contributed by atoms with Gasteiger partial charge in [-0.3, -0.25) is 20.6 Å². The summed E-state index contributed by atoms with van der Waals surface area (Å²) in [6.45, 7) is 0.0260. The Labute approximate surface area is 163 Å². The fourth-order valence-electron chi connectivity index (χ4n) is 3.32. The van der Waals surface area contributed by atoms with Gasteiger partial charge in [-0.05, 0) is 18.2 Å². The number of benzene rings is 2. The van der Waals surface area contributed by atoms with E-state index in [1.54, 1.807) is 6.20 Å². The highest BCUT2D eigenvalue weighted by molar-refractivity contribution is 7.19. The summed E-state index contributed by atoms with van der Waals surface area (Å²) in [5.74, 6) is -0.311. The number of H-pyrrole nitrogens is 1. The SMILES string of the molecule is N=C1C(c2nc3ccccc3s2)=C(O)CN1NC(=O)c1c[nH]c2ccccc12. The van der Waals surface area contributed by atoms with Crippen LogP contribution in [-0.2, 0) is 0 Å². The molecule has 2 aromatic heterocycles. The first-order valence-corrected chi connectivity index (χ1v) is 9.45. The van der Waals surface area contributed by atoms with Crippen LogP contribution in [0.5, 0.6) is 0 Å². The fourth-order valence-corrected chi connectivity index (χ4v) is 4.35. The van der Waals surface area contributed by atoms with Crippen molar-refractivity contribution in [3.8, 4) is 0 Å². The molecule has 3 heterocycles. The predicted molar refractivity (Wildman–Crippen MR) is 109 cm³/mol. The van der Waals surface area contributed by atoms with Gasteiger partial charge in [0.2, 0.25) is 0 Å². The van der Waals surface area contributed by atoms with E-state index in [4.69, 9.17) is 5.41 Å². The number of thiazole rings is 1. The number of aliphatic hydroxyl groups is 1. The number of hydrogen-bond acceptors (Lipinski definition) is 5. The normalized spacial score (nSPS) is 14.4. The minimum atomic E-state index is -0.347. The predicted octanol–water partition coefficient (Wildman–Crippen LogP) is 3.68. The van der Waals surface area contributed by atoms with E-state index in [1.165, 1.54) is 16.3 Å². The van der Waals surface area contributed by atoms with Gasteiger partial charge in [0.1, 0.15) is 10.8 Å². The lowest BCUT2D eigenvalue weighted by Gasteiger charge is -2.19. The van der Waals surface area contributed by atoms with Crippen molar-refractivity contribution in [2.75, 3.05) is 6.54 Å². The number of nitrogens with one attached hydrogen (secondary N) is 3. The molecular formula is C20H15N5O2S. The van der Waals surface area contributed by atoms with Crippen molar-refractivity contribution in [2.24, 2.45) is 0 Å². The number of aromatic amines is 1. The maximum absolute atomic E-state index is 12.7. The molecule has 7 nitrogen and oxygen atoms in total. The maximum atomic E-state index is 12.7. The molecular weight excluding hydrogens is 374 g/mol. The Morgan fingerprint density at radius 2 is 2.00 bits per heavy atom. The number of aliphatic hydroxyl groups excluding tert-OH is 1. The molecule has 4 N–H and O–H groups in total. The number of fused-ring (bicyclic) bond motifs is 2. The number of para-hydroxylation sites is 2. The molecule has 138 valence electrons. The van der Waals surface area contributed by atoms with Crippen molar-refractivity contribution in [3.05, 3.63) is 71.1 Å². The van der Waals surface area contributed by atoms with Crippen LogP contribution in [-0.4, -0.2) is 38.4 Å². The number of amides is 1. The van der Waals surface area contributed by atoms with Gasteiger partial charge in [-0.2, -0.15) is 0 Å². The second kappa shape index (κ2) is 6.21. The number of carbonyl (C=O) groups excluding carboxylic acids is 1. The Morgan fingerprint density at radius 3 is 2.86 bits per heavy atom. The summed E-state index contributed by atoms with van der Waals surface area (Å²) in [7, 11) is 0. The molecule has 0 radical (unpaired) electrons. The summed E-state index contributed by atoms with van der Waals surface area (Å²) in [6, 6.07) is 15.2. The van der Waals surface area contributed by atoms with Crippen LogP contribution in [0.3, 0.4) is 0 Å². The van der Waals surface area contributed by atoms with Crippen LogP contribution < -0.4 is 5.43 Å². The monoisotopic (exact) mass is 389 g/mol.